The predicted octanol–water partition coefficient (Wildman–Crippen LogP) is 3.91. The Kier molecular flexibility index (Phi) is 8.67. The van der Waals surface area contributed by atoms with Gasteiger partial charge in [0, 0.05) is 44.3 Å². The van der Waals surface area contributed by atoms with Crippen LogP contribution >= 0.6 is 11.3 Å². The average molecular weight is 424 g/mol. The van der Waals surface area contributed by atoms with Crippen molar-refractivity contribution in [1.82, 2.24) is 10.2 Å². The summed E-state index contributed by atoms with van der Waals surface area (Å²) in [7, 11) is 0. The number of amides is 2. The number of likely N-dealkylation sites (tertiary alicyclic amines) is 1. The maximum absolute atomic E-state index is 12.9. The summed E-state index contributed by atoms with van der Waals surface area (Å²) in [5.41, 5.74) is 0.435. The lowest BCUT2D eigenvalue weighted by Crippen LogP contribution is -2.50. The Morgan fingerprint density at radius 1 is 1.34 bits per heavy atom. The molecule has 1 aromatic rings. The van der Waals surface area contributed by atoms with Gasteiger partial charge in [-0.25, -0.2) is 0 Å². The van der Waals surface area contributed by atoms with Crippen LogP contribution in [0.25, 0.3) is 0 Å². The van der Waals surface area contributed by atoms with E-state index in [0.29, 0.717) is 10.8 Å². The SMILES string of the molecule is CCOCCCN1CCC(NC(=O)c2sc(NC(=O)C(C)(C)C)cc2C)C(C)C1. The smallest absolute Gasteiger partial charge is 0.261 e. The van der Waals surface area contributed by atoms with Gasteiger partial charge in [-0.2, -0.15) is 0 Å². The van der Waals surface area contributed by atoms with Crippen molar-refractivity contribution in [2.75, 3.05) is 38.2 Å². The van der Waals surface area contributed by atoms with Crippen LogP contribution in [0.4, 0.5) is 5.00 Å². The molecule has 164 valence electrons. The standard InChI is InChI=1S/C22H37N3O3S/c1-7-28-12-8-10-25-11-9-17(16(3)14-25)23-20(26)19-15(2)13-18(29-19)24-21(27)22(4,5)6/h13,16-17H,7-12,14H2,1-6H3,(H,23,26)(H,24,27). The minimum absolute atomic E-state index is 0.0367. The number of carbonyl (C=O) groups excluding carboxylic acids is 2. The van der Waals surface area contributed by atoms with E-state index in [9.17, 15) is 9.59 Å². The molecule has 1 aliphatic rings. The summed E-state index contributed by atoms with van der Waals surface area (Å²) >= 11 is 1.35. The number of hydrogen-bond acceptors (Lipinski definition) is 5. The van der Waals surface area contributed by atoms with Crippen molar-refractivity contribution < 1.29 is 14.3 Å². The number of aryl methyl sites for hydroxylation is 1. The van der Waals surface area contributed by atoms with Gasteiger partial charge in [0.15, 0.2) is 0 Å². The van der Waals surface area contributed by atoms with Gasteiger partial charge in [-0.1, -0.05) is 27.7 Å². The third-order valence-corrected chi connectivity index (χ3v) is 6.47. The molecular weight excluding hydrogens is 386 g/mol. The minimum atomic E-state index is -0.466. The molecule has 2 heterocycles. The molecule has 1 fully saturated rings. The van der Waals surface area contributed by atoms with E-state index in [1.165, 1.54) is 11.3 Å². The summed E-state index contributed by atoms with van der Waals surface area (Å²) in [6.07, 6.45) is 2.01. The van der Waals surface area contributed by atoms with Crippen molar-refractivity contribution in [3.8, 4) is 0 Å². The molecule has 1 aliphatic heterocycles. The van der Waals surface area contributed by atoms with E-state index in [0.717, 1.165) is 56.3 Å². The van der Waals surface area contributed by atoms with Gasteiger partial charge in [0.25, 0.3) is 5.91 Å². The monoisotopic (exact) mass is 423 g/mol. The number of ether oxygens (including phenoxy) is 1. The fourth-order valence-corrected chi connectivity index (χ4v) is 4.46. The molecule has 0 spiro atoms. The van der Waals surface area contributed by atoms with Gasteiger partial charge in [-0.3, -0.25) is 9.59 Å². The average Bonchev–Trinajstić information content (AvgIpc) is 3.00. The van der Waals surface area contributed by atoms with Crippen LogP contribution in [0, 0.1) is 18.3 Å². The molecule has 2 amide bonds. The van der Waals surface area contributed by atoms with Crippen LogP contribution in [0.15, 0.2) is 6.07 Å². The summed E-state index contributed by atoms with van der Waals surface area (Å²) in [5, 5.41) is 6.88. The summed E-state index contributed by atoms with van der Waals surface area (Å²) < 4.78 is 5.42. The van der Waals surface area contributed by atoms with Crippen LogP contribution in [0.5, 0.6) is 0 Å². The molecule has 2 rings (SSSR count). The van der Waals surface area contributed by atoms with Gasteiger partial charge in [-0.15, -0.1) is 11.3 Å². The number of carbonyl (C=O) groups is 2. The zero-order chi connectivity index (χ0) is 21.6. The molecule has 2 unspecified atom stereocenters. The highest BCUT2D eigenvalue weighted by Gasteiger charge is 2.28. The second-order valence-electron chi connectivity index (χ2n) is 9.02. The van der Waals surface area contributed by atoms with Crippen LogP contribution in [0.1, 0.15) is 62.7 Å². The fourth-order valence-electron chi connectivity index (χ4n) is 3.49. The molecule has 0 saturated carbocycles. The highest BCUT2D eigenvalue weighted by molar-refractivity contribution is 7.18. The molecular formula is C22H37N3O3S. The number of thiophene rings is 1. The molecule has 0 radical (unpaired) electrons. The third-order valence-electron chi connectivity index (χ3n) is 5.31. The number of rotatable bonds is 8. The highest BCUT2D eigenvalue weighted by Crippen LogP contribution is 2.29. The van der Waals surface area contributed by atoms with E-state index < -0.39 is 5.41 Å². The second kappa shape index (κ2) is 10.5. The Balaban J connectivity index is 1.88. The Labute approximate surface area is 179 Å². The summed E-state index contributed by atoms with van der Waals surface area (Å²) in [4.78, 5) is 28.2. The quantitative estimate of drug-likeness (QED) is 0.622. The van der Waals surface area contributed by atoms with E-state index >= 15 is 0 Å². The first-order valence-electron chi connectivity index (χ1n) is 10.6. The molecule has 0 aromatic carbocycles. The topological polar surface area (TPSA) is 70.7 Å². The largest absolute Gasteiger partial charge is 0.382 e. The first kappa shape index (κ1) is 23.8. The van der Waals surface area contributed by atoms with Crippen molar-refractivity contribution in [1.29, 1.82) is 0 Å². The molecule has 0 bridgehead atoms. The number of anilines is 1. The van der Waals surface area contributed by atoms with Gasteiger partial charge in [-0.05, 0) is 44.2 Å². The molecule has 2 N–H and O–H groups in total. The van der Waals surface area contributed by atoms with E-state index in [1.54, 1.807) is 0 Å². The molecule has 6 nitrogen and oxygen atoms in total. The van der Waals surface area contributed by atoms with Gasteiger partial charge in [0.2, 0.25) is 5.91 Å². The first-order chi connectivity index (χ1) is 13.6. The number of nitrogens with zero attached hydrogens (tertiary/aromatic N) is 1. The Hall–Kier alpha value is -1.44. The molecule has 29 heavy (non-hydrogen) atoms. The summed E-state index contributed by atoms with van der Waals surface area (Å²) in [6, 6.07) is 2.06. The van der Waals surface area contributed by atoms with Crippen molar-refractivity contribution in [2.45, 2.75) is 60.4 Å². The zero-order valence-corrected chi connectivity index (χ0v) is 19.6. The molecule has 1 saturated heterocycles. The molecule has 1 aromatic heterocycles. The zero-order valence-electron chi connectivity index (χ0n) is 18.8. The summed E-state index contributed by atoms with van der Waals surface area (Å²) in [6.45, 7) is 16.4. The normalized spacial score (nSPS) is 20.5. The van der Waals surface area contributed by atoms with Crippen LogP contribution in [0.3, 0.4) is 0 Å². The first-order valence-corrected chi connectivity index (χ1v) is 11.5. The van der Waals surface area contributed by atoms with Crippen molar-refractivity contribution in [3.05, 3.63) is 16.5 Å². The number of hydrogen-bond donors (Lipinski definition) is 2. The van der Waals surface area contributed by atoms with Crippen LogP contribution in [-0.4, -0.2) is 55.6 Å². The van der Waals surface area contributed by atoms with E-state index in [2.05, 4.69) is 22.5 Å². The second-order valence-corrected chi connectivity index (χ2v) is 10.1. The Bertz CT molecular complexity index is 696. The maximum atomic E-state index is 12.9. The Morgan fingerprint density at radius 3 is 2.69 bits per heavy atom. The van der Waals surface area contributed by atoms with Crippen LogP contribution < -0.4 is 10.6 Å². The van der Waals surface area contributed by atoms with Gasteiger partial charge < -0.3 is 20.3 Å². The van der Waals surface area contributed by atoms with E-state index in [4.69, 9.17) is 4.74 Å². The van der Waals surface area contributed by atoms with Crippen molar-refractivity contribution in [2.24, 2.45) is 11.3 Å². The van der Waals surface area contributed by atoms with Crippen LogP contribution in [0.2, 0.25) is 0 Å². The number of piperidine rings is 1. The summed E-state index contributed by atoms with van der Waals surface area (Å²) in [5.74, 6) is 0.321. The molecule has 0 aliphatic carbocycles. The lowest BCUT2D eigenvalue weighted by Gasteiger charge is -2.37. The lowest BCUT2D eigenvalue weighted by atomic mass is 9.93. The third kappa shape index (κ3) is 7.08. The molecule has 7 heteroatoms. The molecule has 2 atom stereocenters. The number of nitrogens with one attached hydrogen (secondary N) is 2. The Morgan fingerprint density at radius 2 is 2.07 bits per heavy atom. The van der Waals surface area contributed by atoms with Gasteiger partial charge >= 0.3 is 0 Å². The van der Waals surface area contributed by atoms with Gasteiger partial charge in [0.1, 0.15) is 0 Å². The highest BCUT2D eigenvalue weighted by atomic mass is 32.1. The van der Waals surface area contributed by atoms with E-state index in [-0.39, 0.29) is 17.9 Å². The van der Waals surface area contributed by atoms with Crippen LogP contribution in [-0.2, 0) is 9.53 Å². The minimum Gasteiger partial charge on any atom is -0.382 e. The fraction of sp³-hybridized carbons (Fsp3) is 0.727. The maximum Gasteiger partial charge on any atom is 0.261 e. The van der Waals surface area contributed by atoms with Crippen molar-refractivity contribution in [3.63, 3.8) is 0 Å². The van der Waals surface area contributed by atoms with Gasteiger partial charge in [0.05, 0.1) is 9.88 Å². The van der Waals surface area contributed by atoms with E-state index in [1.807, 2.05) is 40.7 Å². The lowest BCUT2D eigenvalue weighted by molar-refractivity contribution is -0.123. The predicted molar refractivity (Wildman–Crippen MR) is 120 cm³/mol. The van der Waals surface area contributed by atoms with Crippen molar-refractivity contribution >= 4 is 28.2 Å².